The monoisotopic (exact) mass is 258 g/mol. The molecule has 1 aromatic carbocycles. The molecule has 0 bridgehead atoms. The zero-order valence-corrected chi connectivity index (χ0v) is 10.8. The number of carboxylic acid groups (broad SMARTS) is 1. The highest BCUT2D eigenvalue weighted by Crippen LogP contribution is 2.34. The summed E-state index contributed by atoms with van der Waals surface area (Å²) in [5.41, 5.74) is 1.53. The summed E-state index contributed by atoms with van der Waals surface area (Å²) in [5, 5.41) is 11.1. The normalized spacial score (nSPS) is 12.3. The van der Waals surface area contributed by atoms with Crippen LogP contribution in [0.25, 0.3) is 21.9 Å². The van der Waals surface area contributed by atoms with E-state index in [2.05, 4.69) is 0 Å². The quantitative estimate of drug-likeness (QED) is 0.775. The van der Waals surface area contributed by atoms with Gasteiger partial charge in [0.25, 0.3) is 0 Å². The molecule has 0 amide bonds. The molecule has 2 aromatic heterocycles. The molecule has 19 heavy (non-hydrogen) atoms. The van der Waals surface area contributed by atoms with Crippen LogP contribution < -0.4 is 0 Å². The summed E-state index contributed by atoms with van der Waals surface area (Å²) >= 11 is 0. The van der Waals surface area contributed by atoms with Crippen molar-refractivity contribution in [3.8, 4) is 0 Å². The molecule has 3 aromatic rings. The van der Waals surface area contributed by atoms with E-state index in [-0.39, 0.29) is 0 Å². The number of carbonyl (C=O) groups is 1. The van der Waals surface area contributed by atoms with E-state index in [0.717, 1.165) is 27.5 Å². The number of furan rings is 2. The minimum absolute atomic E-state index is 0.392. The molecule has 0 unspecified atom stereocenters. The summed E-state index contributed by atoms with van der Waals surface area (Å²) in [5.74, 6) is -0.826. The van der Waals surface area contributed by atoms with E-state index in [0.29, 0.717) is 6.42 Å². The van der Waals surface area contributed by atoms with Crippen molar-refractivity contribution in [3.05, 3.63) is 36.3 Å². The number of carboxylic acids is 1. The van der Waals surface area contributed by atoms with Gasteiger partial charge in [0.15, 0.2) is 0 Å². The molecule has 0 atom stereocenters. The Kier molecular flexibility index (Phi) is 2.42. The maximum absolute atomic E-state index is 11.3. The van der Waals surface area contributed by atoms with Crippen molar-refractivity contribution in [3.63, 3.8) is 0 Å². The maximum Gasteiger partial charge on any atom is 0.309 e. The Labute approximate surface area is 109 Å². The van der Waals surface area contributed by atoms with E-state index in [1.54, 1.807) is 26.4 Å². The minimum Gasteiger partial charge on any atom is -0.481 e. The van der Waals surface area contributed by atoms with Crippen molar-refractivity contribution >= 4 is 27.9 Å². The topological polar surface area (TPSA) is 63.6 Å². The van der Waals surface area contributed by atoms with E-state index >= 15 is 0 Å². The largest absolute Gasteiger partial charge is 0.481 e. The van der Waals surface area contributed by atoms with Gasteiger partial charge in [-0.15, -0.1) is 0 Å². The summed E-state index contributed by atoms with van der Waals surface area (Å²) in [7, 11) is 0. The van der Waals surface area contributed by atoms with Gasteiger partial charge in [-0.1, -0.05) is 0 Å². The van der Waals surface area contributed by atoms with Crippen molar-refractivity contribution in [1.82, 2.24) is 0 Å². The molecule has 4 nitrogen and oxygen atoms in total. The third-order valence-electron chi connectivity index (χ3n) is 3.47. The summed E-state index contributed by atoms with van der Waals surface area (Å²) in [6.45, 7) is 3.42. The Morgan fingerprint density at radius 1 is 1.26 bits per heavy atom. The van der Waals surface area contributed by atoms with Gasteiger partial charge < -0.3 is 13.9 Å². The average molecular weight is 258 g/mol. The third-order valence-corrected chi connectivity index (χ3v) is 3.47. The fraction of sp³-hybridized carbons (Fsp3) is 0.267. The Hall–Kier alpha value is -2.23. The lowest BCUT2D eigenvalue weighted by atomic mass is 9.84. The number of aliphatic carboxylic acids is 1. The highest BCUT2D eigenvalue weighted by molar-refractivity contribution is 5.98. The predicted octanol–water partition coefficient (Wildman–Crippen LogP) is 3.83. The molecule has 2 heterocycles. The highest BCUT2D eigenvalue weighted by atomic mass is 16.4. The number of hydrogen-bond acceptors (Lipinski definition) is 3. The van der Waals surface area contributed by atoms with Gasteiger partial charge >= 0.3 is 5.97 Å². The van der Waals surface area contributed by atoms with Crippen molar-refractivity contribution in [1.29, 1.82) is 0 Å². The van der Waals surface area contributed by atoms with E-state index in [9.17, 15) is 9.90 Å². The summed E-state index contributed by atoms with van der Waals surface area (Å²) in [4.78, 5) is 11.3. The molecule has 0 saturated carbocycles. The zero-order valence-electron chi connectivity index (χ0n) is 10.8. The second-order valence-corrected chi connectivity index (χ2v) is 5.39. The lowest BCUT2D eigenvalue weighted by molar-refractivity contribution is -0.146. The van der Waals surface area contributed by atoms with E-state index in [4.69, 9.17) is 8.83 Å². The van der Waals surface area contributed by atoms with Crippen LogP contribution in [0.3, 0.4) is 0 Å². The van der Waals surface area contributed by atoms with Crippen molar-refractivity contribution in [2.45, 2.75) is 20.3 Å². The van der Waals surface area contributed by atoms with Crippen LogP contribution in [0.15, 0.2) is 39.6 Å². The van der Waals surface area contributed by atoms with Gasteiger partial charge in [0.05, 0.1) is 17.9 Å². The standard InChI is InChI=1S/C15H14O4/c1-15(2,14(16)17)8-11-10-4-6-18-12(10)7-9-3-5-19-13(9)11/h3-7H,8H2,1-2H3,(H,16,17). The number of hydrogen-bond donors (Lipinski definition) is 1. The molecule has 0 radical (unpaired) electrons. The second kappa shape index (κ2) is 3.88. The number of rotatable bonds is 3. The fourth-order valence-corrected chi connectivity index (χ4v) is 2.32. The average Bonchev–Trinajstić information content (AvgIpc) is 2.95. The first-order valence-electron chi connectivity index (χ1n) is 6.09. The van der Waals surface area contributed by atoms with Gasteiger partial charge in [0, 0.05) is 16.3 Å². The van der Waals surface area contributed by atoms with Gasteiger partial charge in [-0.25, -0.2) is 0 Å². The van der Waals surface area contributed by atoms with Crippen LogP contribution in [0.4, 0.5) is 0 Å². The molecule has 98 valence electrons. The molecule has 0 aliphatic rings. The molecular formula is C15H14O4. The third kappa shape index (κ3) is 1.80. The first-order valence-corrected chi connectivity index (χ1v) is 6.09. The van der Waals surface area contributed by atoms with Crippen LogP contribution >= 0.6 is 0 Å². The van der Waals surface area contributed by atoms with Crippen LogP contribution in [0.1, 0.15) is 19.4 Å². The Morgan fingerprint density at radius 2 is 2.00 bits per heavy atom. The van der Waals surface area contributed by atoms with Crippen molar-refractivity contribution in [2.24, 2.45) is 5.41 Å². The van der Waals surface area contributed by atoms with Crippen molar-refractivity contribution < 1.29 is 18.7 Å². The lowest BCUT2D eigenvalue weighted by Gasteiger charge is -2.19. The molecular weight excluding hydrogens is 244 g/mol. The van der Waals surface area contributed by atoms with E-state index < -0.39 is 11.4 Å². The van der Waals surface area contributed by atoms with Crippen LogP contribution in [0, 0.1) is 5.41 Å². The van der Waals surface area contributed by atoms with E-state index in [1.165, 1.54) is 0 Å². The molecule has 0 saturated heterocycles. The van der Waals surface area contributed by atoms with E-state index in [1.807, 2.05) is 18.2 Å². The first-order chi connectivity index (χ1) is 8.99. The Balaban J connectivity index is 2.26. The van der Waals surface area contributed by atoms with Gasteiger partial charge in [-0.2, -0.15) is 0 Å². The highest BCUT2D eigenvalue weighted by Gasteiger charge is 2.30. The molecule has 0 aliphatic heterocycles. The SMILES string of the molecule is CC(C)(Cc1c2ccoc2cc2ccoc12)C(=O)O. The molecule has 0 spiro atoms. The van der Waals surface area contributed by atoms with Gasteiger partial charge in [-0.3, -0.25) is 4.79 Å². The molecule has 1 N–H and O–H groups in total. The van der Waals surface area contributed by atoms with Gasteiger partial charge in [-0.05, 0) is 38.5 Å². The zero-order chi connectivity index (χ0) is 13.6. The van der Waals surface area contributed by atoms with Crippen LogP contribution in [0.5, 0.6) is 0 Å². The van der Waals surface area contributed by atoms with Crippen molar-refractivity contribution in [2.75, 3.05) is 0 Å². The summed E-state index contributed by atoms with van der Waals surface area (Å²) in [6.07, 6.45) is 3.62. The smallest absolute Gasteiger partial charge is 0.309 e. The molecule has 4 heteroatoms. The Bertz CT molecular complexity index is 712. The molecule has 3 rings (SSSR count). The lowest BCUT2D eigenvalue weighted by Crippen LogP contribution is -2.26. The number of fused-ring (bicyclic) bond motifs is 2. The van der Waals surface area contributed by atoms with Gasteiger partial charge in [0.2, 0.25) is 0 Å². The number of benzene rings is 1. The molecule has 0 fully saturated rings. The minimum atomic E-state index is -0.856. The fourth-order valence-electron chi connectivity index (χ4n) is 2.32. The predicted molar refractivity (Wildman–Crippen MR) is 71.1 cm³/mol. The van der Waals surface area contributed by atoms with Crippen LogP contribution in [0.2, 0.25) is 0 Å². The Morgan fingerprint density at radius 3 is 2.74 bits per heavy atom. The second-order valence-electron chi connectivity index (χ2n) is 5.39. The van der Waals surface area contributed by atoms with Crippen LogP contribution in [-0.2, 0) is 11.2 Å². The maximum atomic E-state index is 11.3. The molecule has 0 aliphatic carbocycles. The van der Waals surface area contributed by atoms with Gasteiger partial charge in [0.1, 0.15) is 11.2 Å². The summed E-state index contributed by atoms with van der Waals surface area (Å²) < 4.78 is 10.9. The first kappa shape index (κ1) is 11.8. The summed E-state index contributed by atoms with van der Waals surface area (Å²) in [6, 6.07) is 5.62. The van der Waals surface area contributed by atoms with Crippen LogP contribution in [-0.4, -0.2) is 11.1 Å².